The second kappa shape index (κ2) is 10.5. The lowest BCUT2D eigenvalue weighted by molar-refractivity contribution is 0.131. The van der Waals surface area contributed by atoms with Gasteiger partial charge in [-0.15, -0.1) is 0 Å². The number of rotatable bonds is 11. The van der Waals surface area contributed by atoms with Gasteiger partial charge in [0.05, 0.1) is 12.7 Å². The van der Waals surface area contributed by atoms with E-state index in [1.807, 2.05) is 19.1 Å². The van der Waals surface area contributed by atoms with E-state index >= 15 is 0 Å². The Morgan fingerprint density at radius 1 is 1.24 bits per heavy atom. The highest BCUT2D eigenvalue weighted by Gasteiger charge is 2.14. The maximum absolute atomic E-state index is 6.12. The first kappa shape index (κ1) is 17.8. The first-order valence-electron chi connectivity index (χ1n) is 7.83. The Hall–Kier alpha value is -1.26. The van der Waals surface area contributed by atoms with Gasteiger partial charge in [-0.2, -0.15) is 0 Å². The second-order valence-electron chi connectivity index (χ2n) is 5.06. The number of methoxy groups -OCH3 is 1. The van der Waals surface area contributed by atoms with E-state index < -0.39 is 0 Å². The molecular weight excluding hydrogens is 266 g/mol. The number of nitrogens with one attached hydrogen (secondary N) is 1. The van der Waals surface area contributed by atoms with Crippen molar-refractivity contribution in [2.75, 3.05) is 26.9 Å². The van der Waals surface area contributed by atoms with Gasteiger partial charge < -0.3 is 19.5 Å². The van der Waals surface area contributed by atoms with Crippen LogP contribution in [0, 0.1) is 0 Å². The number of hydrogen-bond acceptors (Lipinski definition) is 4. The molecule has 0 saturated carbocycles. The standard InChI is InChI=1S/C17H29NO3/c1-5-11-18-13-15-8-7-9-16(20-6-2)17(15)21-14(3)10-12-19-4/h7-9,14,18H,5-6,10-13H2,1-4H3. The average Bonchev–Trinajstić information content (AvgIpc) is 2.48. The van der Waals surface area contributed by atoms with Crippen molar-refractivity contribution in [1.82, 2.24) is 5.32 Å². The summed E-state index contributed by atoms with van der Waals surface area (Å²) in [4.78, 5) is 0. The van der Waals surface area contributed by atoms with Gasteiger partial charge in [0.25, 0.3) is 0 Å². The zero-order chi connectivity index (χ0) is 15.5. The van der Waals surface area contributed by atoms with Crippen LogP contribution in [0.15, 0.2) is 18.2 Å². The molecule has 0 bridgehead atoms. The van der Waals surface area contributed by atoms with Crippen molar-refractivity contribution >= 4 is 0 Å². The lowest BCUT2D eigenvalue weighted by Gasteiger charge is -2.20. The van der Waals surface area contributed by atoms with Crippen LogP contribution in [0.3, 0.4) is 0 Å². The van der Waals surface area contributed by atoms with E-state index in [0.717, 1.165) is 43.0 Å². The van der Waals surface area contributed by atoms with E-state index in [0.29, 0.717) is 13.2 Å². The monoisotopic (exact) mass is 295 g/mol. The molecule has 1 N–H and O–H groups in total. The van der Waals surface area contributed by atoms with Gasteiger partial charge in [-0.25, -0.2) is 0 Å². The van der Waals surface area contributed by atoms with E-state index in [4.69, 9.17) is 14.2 Å². The molecule has 120 valence electrons. The summed E-state index contributed by atoms with van der Waals surface area (Å²) >= 11 is 0. The van der Waals surface area contributed by atoms with Crippen molar-refractivity contribution in [3.05, 3.63) is 23.8 Å². The predicted molar refractivity (Wildman–Crippen MR) is 86.2 cm³/mol. The van der Waals surface area contributed by atoms with Gasteiger partial charge in [0, 0.05) is 32.2 Å². The van der Waals surface area contributed by atoms with Crippen molar-refractivity contribution in [1.29, 1.82) is 0 Å². The highest BCUT2D eigenvalue weighted by Crippen LogP contribution is 2.32. The summed E-state index contributed by atoms with van der Waals surface area (Å²) in [6.07, 6.45) is 2.07. The van der Waals surface area contributed by atoms with E-state index in [-0.39, 0.29) is 6.10 Å². The maximum atomic E-state index is 6.12. The topological polar surface area (TPSA) is 39.7 Å². The van der Waals surface area contributed by atoms with Gasteiger partial charge in [-0.3, -0.25) is 0 Å². The fraction of sp³-hybridized carbons (Fsp3) is 0.647. The molecule has 0 saturated heterocycles. The zero-order valence-corrected chi connectivity index (χ0v) is 13.8. The van der Waals surface area contributed by atoms with Crippen LogP contribution in [0.2, 0.25) is 0 Å². The molecule has 0 aliphatic rings. The first-order chi connectivity index (χ1) is 10.2. The molecule has 21 heavy (non-hydrogen) atoms. The molecule has 0 aliphatic heterocycles. The highest BCUT2D eigenvalue weighted by atomic mass is 16.5. The second-order valence-corrected chi connectivity index (χ2v) is 5.06. The van der Waals surface area contributed by atoms with Crippen molar-refractivity contribution in [2.45, 2.75) is 46.3 Å². The Bertz CT molecular complexity index is 396. The van der Waals surface area contributed by atoms with Crippen LogP contribution in [0.4, 0.5) is 0 Å². The Balaban J connectivity index is 2.82. The Morgan fingerprint density at radius 3 is 2.71 bits per heavy atom. The molecule has 0 spiro atoms. The van der Waals surface area contributed by atoms with Crippen LogP contribution in [0.5, 0.6) is 11.5 Å². The minimum atomic E-state index is 0.0940. The number of benzene rings is 1. The van der Waals surface area contributed by atoms with Crippen LogP contribution < -0.4 is 14.8 Å². The molecule has 1 atom stereocenters. The van der Waals surface area contributed by atoms with Gasteiger partial charge in [-0.1, -0.05) is 19.1 Å². The Morgan fingerprint density at radius 2 is 2.05 bits per heavy atom. The van der Waals surface area contributed by atoms with Crippen LogP contribution in [0.25, 0.3) is 0 Å². The molecule has 0 aromatic heterocycles. The molecule has 0 radical (unpaired) electrons. The zero-order valence-electron chi connectivity index (χ0n) is 13.8. The average molecular weight is 295 g/mol. The maximum Gasteiger partial charge on any atom is 0.166 e. The molecule has 4 nitrogen and oxygen atoms in total. The Labute approximate surface area is 128 Å². The van der Waals surface area contributed by atoms with Crippen LogP contribution >= 0.6 is 0 Å². The lowest BCUT2D eigenvalue weighted by atomic mass is 10.1. The molecule has 0 heterocycles. The molecule has 0 amide bonds. The third-order valence-corrected chi connectivity index (χ3v) is 3.15. The normalized spacial score (nSPS) is 12.2. The minimum absolute atomic E-state index is 0.0940. The molecule has 1 aromatic rings. The molecule has 1 aromatic carbocycles. The summed E-state index contributed by atoms with van der Waals surface area (Å²) < 4.78 is 16.9. The minimum Gasteiger partial charge on any atom is -0.490 e. The third-order valence-electron chi connectivity index (χ3n) is 3.15. The number of ether oxygens (including phenoxy) is 3. The van der Waals surface area contributed by atoms with Crippen molar-refractivity contribution in [3.63, 3.8) is 0 Å². The fourth-order valence-electron chi connectivity index (χ4n) is 2.05. The fourth-order valence-corrected chi connectivity index (χ4v) is 2.05. The summed E-state index contributed by atoms with van der Waals surface area (Å²) in [5.41, 5.74) is 1.14. The van der Waals surface area contributed by atoms with Crippen LogP contribution in [-0.4, -0.2) is 33.0 Å². The van der Waals surface area contributed by atoms with Crippen molar-refractivity contribution in [2.24, 2.45) is 0 Å². The van der Waals surface area contributed by atoms with E-state index in [9.17, 15) is 0 Å². The third kappa shape index (κ3) is 6.36. The van der Waals surface area contributed by atoms with Crippen molar-refractivity contribution in [3.8, 4) is 11.5 Å². The van der Waals surface area contributed by atoms with Crippen LogP contribution in [0.1, 0.15) is 39.2 Å². The smallest absolute Gasteiger partial charge is 0.166 e. The first-order valence-corrected chi connectivity index (χ1v) is 7.83. The molecule has 0 aliphatic carbocycles. The lowest BCUT2D eigenvalue weighted by Crippen LogP contribution is -2.19. The molecule has 1 unspecified atom stereocenters. The largest absolute Gasteiger partial charge is 0.490 e. The van der Waals surface area contributed by atoms with Crippen molar-refractivity contribution < 1.29 is 14.2 Å². The molecule has 0 fully saturated rings. The van der Waals surface area contributed by atoms with Gasteiger partial charge in [0.15, 0.2) is 11.5 Å². The highest BCUT2D eigenvalue weighted by molar-refractivity contribution is 5.46. The van der Waals surface area contributed by atoms with Gasteiger partial charge >= 0.3 is 0 Å². The molecule has 4 heteroatoms. The van der Waals surface area contributed by atoms with E-state index in [1.165, 1.54) is 0 Å². The van der Waals surface area contributed by atoms with Gasteiger partial charge in [0.1, 0.15) is 0 Å². The number of para-hydroxylation sites is 1. The van der Waals surface area contributed by atoms with E-state index in [2.05, 4.69) is 25.2 Å². The summed E-state index contributed by atoms with van der Waals surface area (Å²) in [6, 6.07) is 6.06. The predicted octanol–water partition coefficient (Wildman–Crippen LogP) is 3.39. The SMILES string of the molecule is CCCNCc1cccc(OCC)c1OC(C)CCOC. The van der Waals surface area contributed by atoms with Gasteiger partial charge in [-0.05, 0) is 32.9 Å². The molecular formula is C17H29NO3. The Kier molecular flexibility index (Phi) is 8.87. The van der Waals surface area contributed by atoms with Crippen LogP contribution in [-0.2, 0) is 11.3 Å². The summed E-state index contributed by atoms with van der Waals surface area (Å²) in [5.74, 6) is 1.67. The molecule has 1 rings (SSSR count). The number of hydrogen-bond donors (Lipinski definition) is 1. The summed E-state index contributed by atoms with van der Waals surface area (Å²) in [7, 11) is 1.71. The summed E-state index contributed by atoms with van der Waals surface area (Å²) in [5, 5.41) is 3.42. The summed E-state index contributed by atoms with van der Waals surface area (Å²) in [6.45, 7) is 9.33. The van der Waals surface area contributed by atoms with E-state index in [1.54, 1.807) is 7.11 Å². The quantitative estimate of drug-likeness (QED) is 0.635. The van der Waals surface area contributed by atoms with Gasteiger partial charge in [0.2, 0.25) is 0 Å².